The van der Waals surface area contributed by atoms with E-state index in [1.54, 1.807) is 12.1 Å². The molecule has 4 heteroatoms. The zero-order valence-electron chi connectivity index (χ0n) is 9.85. The number of benzene rings is 1. The van der Waals surface area contributed by atoms with Gasteiger partial charge >= 0.3 is 0 Å². The Balaban J connectivity index is 2.31. The zero-order chi connectivity index (χ0) is 12.4. The minimum atomic E-state index is -0.122. The first kappa shape index (κ1) is 11.8. The van der Waals surface area contributed by atoms with E-state index in [-0.39, 0.29) is 17.7 Å². The van der Waals surface area contributed by atoms with Crippen LogP contribution in [-0.2, 0) is 16.1 Å². The summed E-state index contributed by atoms with van der Waals surface area (Å²) in [5.74, 6) is -0.102. The third kappa shape index (κ3) is 2.36. The van der Waals surface area contributed by atoms with Gasteiger partial charge in [-0.2, -0.15) is 0 Å². The van der Waals surface area contributed by atoms with Crippen molar-refractivity contribution in [2.24, 2.45) is 11.7 Å². The number of nitrogens with zero attached hydrogens (tertiary/aromatic N) is 1. The lowest BCUT2D eigenvalue weighted by atomic mass is 9.97. The monoisotopic (exact) mass is 232 g/mol. The van der Waals surface area contributed by atoms with Gasteiger partial charge in [0, 0.05) is 19.4 Å². The molecule has 0 bridgehead atoms. The molecule has 0 spiro atoms. The second-order valence-corrected chi connectivity index (χ2v) is 4.51. The highest BCUT2D eigenvalue weighted by atomic mass is 16.2. The fourth-order valence-corrected chi connectivity index (χ4v) is 2.10. The van der Waals surface area contributed by atoms with Crippen molar-refractivity contribution in [1.82, 2.24) is 0 Å². The molecule has 1 aliphatic rings. The molecular formula is C13H16N2O2. The van der Waals surface area contributed by atoms with Crippen LogP contribution in [0.4, 0.5) is 5.69 Å². The smallest absolute Gasteiger partial charge is 0.234 e. The van der Waals surface area contributed by atoms with E-state index < -0.39 is 0 Å². The standard InChI is InChI=1S/C13H16N2O2/c1-9-5-12(16)15(13(17)6-9)11-4-2-3-10(7-11)8-14/h2-4,7,9H,5-6,8,14H2,1H3. The number of hydrogen-bond acceptors (Lipinski definition) is 3. The van der Waals surface area contributed by atoms with Crippen LogP contribution in [0.3, 0.4) is 0 Å². The van der Waals surface area contributed by atoms with Gasteiger partial charge in [-0.3, -0.25) is 14.5 Å². The highest BCUT2D eigenvalue weighted by molar-refractivity contribution is 6.16. The van der Waals surface area contributed by atoms with Crippen molar-refractivity contribution in [3.8, 4) is 0 Å². The van der Waals surface area contributed by atoms with Gasteiger partial charge in [-0.15, -0.1) is 0 Å². The van der Waals surface area contributed by atoms with Crippen molar-refractivity contribution in [2.75, 3.05) is 4.90 Å². The van der Waals surface area contributed by atoms with E-state index in [2.05, 4.69) is 0 Å². The molecule has 0 aliphatic carbocycles. The summed E-state index contributed by atoms with van der Waals surface area (Å²) in [5, 5.41) is 0. The molecule has 0 atom stereocenters. The maximum absolute atomic E-state index is 11.9. The van der Waals surface area contributed by atoms with Crippen molar-refractivity contribution in [3.05, 3.63) is 29.8 Å². The summed E-state index contributed by atoms with van der Waals surface area (Å²) < 4.78 is 0. The van der Waals surface area contributed by atoms with Crippen LogP contribution in [0.25, 0.3) is 0 Å². The van der Waals surface area contributed by atoms with Gasteiger partial charge in [0.25, 0.3) is 0 Å². The average Bonchev–Trinajstić information content (AvgIpc) is 2.28. The van der Waals surface area contributed by atoms with Crippen LogP contribution in [0.15, 0.2) is 24.3 Å². The molecule has 0 unspecified atom stereocenters. The number of hydrogen-bond donors (Lipinski definition) is 1. The summed E-state index contributed by atoms with van der Waals surface area (Å²) in [6, 6.07) is 7.26. The number of imide groups is 1. The molecule has 1 fully saturated rings. The van der Waals surface area contributed by atoms with Crippen LogP contribution in [0.1, 0.15) is 25.3 Å². The maximum atomic E-state index is 11.9. The van der Waals surface area contributed by atoms with E-state index in [4.69, 9.17) is 5.73 Å². The molecule has 1 heterocycles. The van der Waals surface area contributed by atoms with Crippen LogP contribution in [0.5, 0.6) is 0 Å². The quantitative estimate of drug-likeness (QED) is 0.785. The highest BCUT2D eigenvalue weighted by Gasteiger charge is 2.31. The molecular weight excluding hydrogens is 216 g/mol. The fourth-order valence-electron chi connectivity index (χ4n) is 2.10. The van der Waals surface area contributed by atoms with Crippen LogP contribution in [0, 0.1) is 5.92 Å². The van der Waals surface area contributed by atoms with Gasteiger partial charge in [0.1, 0.15) is 0 Å². The van der Waals surface area contributed by atoms with Crippen molar-refractivity contribution < 1.29 is 9.59 Å². The minimum Gasteiger partial charge on any atom is -0.326 e. The Morgan fingerprint density at radius 3 is 2.53 bits per heavy atom. The summed E-state index contributed by atoms with van der Waals surface area (Å²) in [7, 11) is 0. The molecule has 17 heavy (non-hydrogen) atoms. The van der Waals surface area contributed by atoms with Crippen molar-refractivity contribution in [1.29, 1.82) is 0 Å². The lowest BCUT2D eigenvalue weighted by Gasteiger charge is -2.28. The lowest BCUT2D eigenvalue weighted by Crippen LogP contribution is -2.42. The fraction of sp³-hybridized carbons (Fsp3) is 0.385. The molecule has 2 N–H and O–H groups in total. The Hall–Kier alpha value is -1.68. The Kier molecular flexibility index (Phi) is 3.24. The molecule has 0 saturated carbocycles. The van der Waals surface area contributed by atoms with Gasteiger partial charge in [-0.05, 0) is 23.6 Å². The Morgan fingerprint density at radius 2 is 1.94 bits per heavy atom. The van der Waals surface area contributed by atoms with Gasteiger partial charge in [-0.25, -0.2) is 0 Å². The van der Waals surface area contributed by atoms with Gasteiger partial charge < -0.3 is 5.73 Å². The van der Waals surface area contributed by atoms with Gasteiger partial charge in [0.15, 0.2) is 0 Å². The number of nitrogens with two attached hydrogens (primary N) is 1. The Labute approximate surface area is 100 Å². The van der Waals surface area contributed by atoms with Crippen molar-refractivity contribution >= 4 is 17.5 Å². The maximum Gasteiger partial charge on any atom is 0.234 e. The summed E-state index contributed by atoms with van der Waals surface area (Å²) in [4.78, 5) is 25.1. The van der Waals surface area contributed by atoms with E-state index in [0.29, 0.717) is 25.1 Å². The zero-order valence-corrected chi connectivity index (χ0v) is 9.85. The van der Waals surface area contributed by atoms with Crippen LogP contribution in [-0.4, -0.2) is 11.8 Å². The lowest BCUT2D eigenvalue weighted by molar-refractivity contribution is -0.130. The molecule has 0 aromatic heterocycles. The van der Waals surface area contributed by atoms with Gasteiger partial charge in [0.05, 0.1) is 5.69 Å². The van der Waals surface area contributed by atoms with E-state index in [0.717, 1.165) is 5.56 Å². The van der Waals surface area contributed by atoms with Crippen LogP contribution in [0.2, 0.25) is 0 Å². The largest absolute Gasteiger partial charge is 0.326 e. The molecule has 0 radical (unpaired) electrons. The Morgan fingerprint density at radius 1 is 1.29 bits per heavy atom. The molecule has 90 valence electrons. The first-order valence-corrected chi connectivity index (χ1v) is 5.76. The second kappa shape index (κ2) is 4.67. The number of amides is 2. The van der Waals surface area contributed by atoms with Gasteiger partial charge in [-0.1, -0.05) is 19.1 Å². The topological polar surface area (TPSA) is 63.4 Å². The second-order valence-electron chi connectivity index (χ2n) is 4.51. The third-order valence-corrected chi connectivity index (χ3v) is 2.95. The summed E-state index contributed by atoms with van der Waals surface area (Å²) >= 11 is 0. The summed E-state index contributed by atoms with van der Waals surface area (Å²) in [5.41, 5.74) is 7.10. The van der Waals surface area contributed by atoms with Crippen molar-refractivity contribution in [2.45, 2.75) is 26.3 Å². The van der Waals surface area contributed by atoms with E-state index >= 15 is 0 Å². The normalized spacial score (nSPS) is 17.6. The van der Waals surface area contributed by atoms with Gasteiger partial charge in [0.2, 0.25) is 11.8 Å². The van der Waals surface area contributed by atoms with E-state index in [1.165, 1.54) is 4.90 Å². The number of carbonyl (C=O) groups is 2. The van der Waals surface area contributed by atoms with Crippen molar-refractivity contribution in [3.63, 3.8) is 0 Å². The summed E-state index contributed by atoms with van der Waals surface area (Å²) in [6.07, 6.45) is 0.858. The molecule has 1 saturated heterocycles. The molecule has 2 amide bonds. The van der Waals surface area contributed by atoms with E-state index in [9.17, 15) is 9.59 Å². The summed E-state index contributed by atoms with van der Waals surface area (Å²) in [6.45, 7) is 2.32. The first-order valence-electron chi connectivity index (χ1n) is 5.76. The number of rotatable bonds is 2. The highest BCUT2D eigenvalue weighted by Crippen LogP contribution is 2.25. The average molecular weight is 232 g/mol. The first-order chi connectivity index (χ1) is 8.11. The minimum absolute atomic E-state index is 0.122. The van der Waals surface area contributed by atoms with E-state index in [1.807, 2.05) is 19.1 Å². The number of piperidine rings is 1. The Bertz CT molecular complexity index is 438. The molecule has 1 aromatic rings. The molecule has 1 aromatic carbocycles. The van der Waals surface area contributed by atoms with Crippen LogP contribution < -0.4 is 10.6 Å². The number of anilines is 1. The number of carbonyl (C=O) groups excluding carboxylic acids is 2. The van der Waals surface area contributed by atoms with Crippen LogP contribution >= 0.6 is 0 Å². The molecule has 4 nitrogen and oxygen atoms in total. The predicted molar refractivity (Wildman–Crippen MR) is 65.2 cm³/mol. The third-order valence-electron chi connectivity index (χ3n) is 2.95. The predicted octanol–water partition coefficient (Wildman–Crippen LogP) is 1.43. The SMILES string of the molecule is CC1CC(=O)N(c2cccc(CN)c2)C(=O)C1. The molecule has 2 rings (SSSR count). The molecule has 1 aliphatic heterocycles.